The summed E-state index contributed by atoms with van der Waals surface area (Å²) in [6, 6.07) is 18.9. The molecule has 4 bridgehead atoms. The number of hydrogen-bond donors (Lipinski definition) is 0. The normalized spacial score (nSPS) is 26.6. The van der Waals surface area contributed by atoms with Crippen molar-refractivity contribution in [3.05, 3.63) is 82.7 Å². The zero-order valence-corrected chi connectivity index (χ0v) is 21.7. The lowest BCUT2D eigenvalue weighted by Crippen LogP contribution is -2.48. The first-order chi connectivity index (χ1) is 17.4. The number of rotatable bonds is 6. The van der Waals surface area contributed by atoms with E-state index in [0.717, 1.165) is 46.1 Å². The van der Waals surface area contributed by atoms with Gasteiger partial charge in [-0.1, -0.05) is 12.1 Å². The number of carbonyl (C=O) groups excluding carboxylic acids is 1. The summed E-state index contributed by atoms with van der Waals surface area (Å²) in [7, 11) is 0. The number of esters is 1. The summed E-state index contributed by atoms with van der Waals surface area (Å²) >= 11 is 0. The number of aliphatic imine (C=N–C) groups is 1. The molecular weight excluding hydrogens is 444 g/mol. The molecule has 0 amide bonds. The molecule has 36 heavy (non-hydrogen) atoms. The van der Waals surface area contributed by atoms with Gasteiger partial charge in [0.25, 0.3) is 0 Å². The number of ether oxygens (including phenoxy) is 1. The Bertz CT molecular complexity index is 1260. The minimum absolute atomic E-state index is 0.285. The van der Waals surface area contributed by atoms with Crippen LogP contribution < -0.4 is 0 Å². The van der Waals surface area contributed by atoms with Crippen LogP contribution in [0.25, 0.3) is 5.69 Å². The van der Waals surface area contributed by atoms with Gasteiger partial charge in [-0.15, -0.1) is 0 Å². The van der Waals surface area contributed by atoms with Gasteiger partial charge >= 0.3 is 5.97 Å². The molecular formula is C32H36N2O2. The maximum absolute atomic E-state index is 12.0. The molecule has 1 heterocycles. The Hall–Kier alpha value is -3.14. The Morgan fingerprint density at radius 2 is 1.58 bits per heavy atom. The van der Waals surface area contributed by atoms with Crippen LogP contribution in [0.1, 0.15) is 78.3 Å². The molecule has 0 spiro atoms. The van der Waals surface area contributed by atoms with Gasteiger partial charge in [-0.25, -0.2) is 4.79 Å². The molecule has 1 aromatic heterocycles. The third kappa shape index (κ3) is 4.11. The highest BCUT2D eigenvalue weighted by atomic mass is 16.5. The van der Waals surface area contributed by atoms with E-state index in [1.54, 1.807) is 5.56 Å². The quantitative estimate of drug-likeness (QED) is 0.271. The molecule has 4 nitrogen and oxygen atoms in total. The summed E-state index contributed by atoms with van der Waals surface area (Å²) in [5, 5.41) is 0. The van der Waals surface area contributed by atoms with Gasteiger partial charge in [0.1, 0.15) is 0 Å². The summed E-state index contributed by atoms with van der Waals surface area (Å²) < 4.78 is 7.30. The van der Waals surface area contributed by atoms with E-state index in [1.165, 1.54) is 38.5 Å². The summed E-state index contributed by atoms with van der Waals surface area (Å²) in [6.45, 7) is 6.41. The molecule has 0 unspecified atom stereocenters. The SMILES string of the molecule is CCOC(=O)c1ccc(-n2c(C)cc(C=Nc3ccc(C45CC6CC(CC(C6)C4)C5)cc3)c2C)cc1. The van der Waals surface area contributed by atoms with Crippen LogP contribution in [0.3, 0.4) is 0 Å². The summed E-state index contributed by atoms with van der Waals surface area (Å²) in [5.41, 5.74) is 7.95. The third-order valence-corrected chi connectivity index (χ3v) is 8.98. The molecule has 3 aromatic rings. The van der Waals surface area contributed by atoms with E-state index >= 15 is 0 Å². The van der Waals surface area contributed by atoms with Gasteiger partial charge in [0.05, 0.1) is 17.9 Å². The molecule has 0 radical (unpaired) electrons. The second kappa shape index (κ2) is 9.06. The monoisotopic (exact) mass is 480 g/mol. The van der Waals surface area contributed by atoms with Crippen LogP contribution in [-0.2, 0) is 10.2 Å². The van der Waals surface area contributed by atoms with Crippen molar-refractivity contribution in [1.82, 2.24) is 4.57 Å². The van der Waals surface area contributed by atoms with Crippen LogP contribution in [0.2, 0.25) is 0 Å². The van der Waals surface area contributed by atoms with Crippen molar-refractivity contribution in [2.45, 2.75) is 64.7 Å². The molecule has 0 saturated heterocycles. The maximum atomic E-state index is 12.0. The van der Waals surface area contributed by atoms with Crippen LogP contribution in [0, 0.1) is 31.6 Å². The molecule has 4 aliphatic rings. The molecule has 7 rings (SSSR count). The van der Waals surface area contributed by atoms with Crippen LogP contribution in [0.15, 0.2) is 59.6 Å². The molecule has 4 fully saturated rings. The van der Waals surface area contributed by atoms with E-state index in [0.29, 0.717) is 17.6 Å². The number of benzene rings is 2. The van der Waals surface area contributed by atoms with Crippen LogP contribution in [0.5, 0.6) is 0 Å². The smallest absolute Gasteiger partial charge is 0.338 e. The number of nitrogens with zero attached hydrogens (tertiary/aromatic N) is 2. The van der Waals surface area contributed by atoms with Crippen LogP contribution in [0.4, 0.5) is 5.69 Å². The van der Waals surface area contributed by atoms with Crippen molar-refractivity contribution in [2.24, 2.45) is 22.7 Å². The fourth-order valence-electron chi connectivity index (χ4n) is 7.79. The first kappa shape index (κ1) is 23.3. The predicted octanol–water partition coefficient (Wildman–Crippen LogP) is 7.49. The van der Waals surface area contributed by atoms with Crippen molar-refractivity contribution >= 4 is 17.9 Å². The van der Waals surface area contributed by atoms with Gasteiger partial charge in [-0.05, 0) is 130 Å². The Morgan fingerprint density at radius 1 is 0.972 bits per heavy atom. The molecule has 4 saturated carbocycles. The van der Waals surface area contributed by atoms with Crippen molar-refractivity contribution in [1.29, 1.82) is 0 Å². The zero-order valence-electron chi connectivity index (χ0n) is 21.7. The Kier molecular flexibility index (Phi) is 5.86. The lowest BCUT2D eigenvalue weighted by Gasteiger charge is -2.57. The van der Waals surface area contributed by atoms with E-state index < -0.39 is 0 Å². The van der Waals surface area contributed by atoms with Crippen molar-refractivity contribution in [3.63, 3.8) is 0 Å². The summed E-state index contributed by atoms with van der Waals surface area (Å²) in [6.07, 6.45) is 10.6. The van der Waals surface area contributed by atoms with Gasteiger partial charge in [0, 0.05) is 28.9 Å². The highest BCUT2D eigenvalue weighted by Gasteiger charge is 2.51. The van der Waals surface area contributed by atoms with Gasteiger partial charge in [-0.2, -0.15) is 0 Å². The Labute approximate surface area is 214 Å². The van der Waals surface area contributed by atoms with E-state index in [-0.39, 0.29) is 5.97 Å². The molecule has 2 aromatic carbocycles. The average molecular weight is 481 g/mol. The molecule has 4 heteroatoms. The number of aromatic nitrogens is 1. The summed E-state index contributed by atoms with van der Waals surface area (Å²) in [4.78, 5) is 16.8. The highest BCUT2D eigenvalue weighted by Crippen LogP contribution is 2.60. The van der Waals surface area contributed by atoms with E-state index in [2.05, 4.69) is 48.7 Å². The zero-order chi connectivity index (χ0) is 24.9. The van der Waals surface area contributed by atoms with E-state index in [1.807, 2.05) is 37.4 Å². The van der Waals surface area contributed by atoms with E-state index in [9.17, 15) is 4.79 Å². The fourth-order valence-corrected chi connectivity index (χ4v) is 7.79. The second-order valence-corrected chi connectivity index (χ2v) is 11.4. The standard InChI is InChI=1S/C32H36N2O2/c1-4-36-31(35)26-5-11-30(12-6-26)34-21(2)13-27(22(34)3)20-33-29-9-7-28(8-10-29)32-17-23-14-24(18-32)16-25(15-23)19-32/h5-13,20,23-25H,4,14-19H2,1-3H3. The third-order valence-electron chi connectivity index (χ3n) is 8.98. The lowest BCUT2D eigenvalue weighted by molar-refractivity contribution is -0.00518. The topological polar surface area (TPSA) is 43.6 Å². The Balaban J connectivity index is 1.19. The number of carbonyl (C=O) groups is 1. The van der Waals surface area contributed by atoms with Crippen LogP contribution >= 0.6 is 0 Å². The van der Waals surface area contributed by atoms with Gasteiger partial charge in [-0.3, -0.25) is 4.99 Å². The molecule has 0 N–H and O–H groups in total. The van der Waals surface area contributed by atoms with E-state index in [4.69, 9.17) is 9.73 Å². The number of aryl methyl sites for hydroxylation is 1. The van der Waals surface area contributed by atoms with Gasteiger partial charge in [0.2, 0.25) is 0 Å². The largest absolute Gasteiger partial charge is 0.462 e. The fraction of sp³-hybridized carbons (Fsp3) is 0.438. The minimum Gasteiger partial charge on any atom is -0.462 e. The van der Waals surface area contributed by atoms with Crippen LogP contribution in [-0.4, -0.2) is 23.4 Å². The lowest BCUT2D eigenvalue weighted by atomic mass is 9.48. The first-order valence-corrected chi connectivity index (χ1v) is 13.6. The number of hydrogen-bond acceptors (Lipinski definition) is 3. The second-order valence-electron chi connectivity index (χ2n) is 11.4. The summed E-state index contributed by atoms with van der Waals surface area (Å²) in [5.74, 6) is 2.61. The predicted molar refractivity (Wildman–Crippen MR) is 145 cm³/mol. The maximum Gasteiger partial charge on any atom is 0.338 e. The molecule has 0 aliphatic heterocycles. The average Bonchev–Trinajstić information content (AvgIpc) is 3.15. The van der Waals surface area contributed by atoms with Crippen molar-refractivity contribution in [3.8, 4) is 5.69 Å². The van der Waals surface area contributed by atoms with Gasteiger partial charge < -0.3 is 9.30 Å². The first-order valence-electron chi connectivity index (χ1n) is 13.6. The van der Waals surface area contributed by atoms with Crippen molar-refractivity contribution < 1.29 is 9.53 Å². The Morgan fingerprint density at radius 3 is 2.17 bits per heavy atom. The minimum atomic E-state index is -0.285. The molecule has 4 aliphatic carbocycles. The molecule has 0 atom stereocenters. The van der Waals surface area contributed by atoms with Crippen molar-refractivity contribution in [2.75, 3.05) is 6.61 Å². The highest BCUT2D eigenvalue weighted by molar-refractivity contribution is 5.89. The molecule has 186 valence electrons. The van der Waals surface area contributed by atoms with Gasteiger partial charge in [0.15, 0.2) is 0 Å².